The van der Waals surface area contributed by atoms with Crippen LogP contribution in [0.2, 0.25) is 0 Å². The van der Waals surface area contributed by atoms with Gasteiger partial charge in [-0.25, -0.2) is 39.9 Å². The van der Waals surface area contributed by atoms with Gasteiger partial charge in [0.1, 0.15) is 44.8 Å². The summed E-state index contributed by atoms with van der Waals surface area (Å²) in [6.45, 7) is 2.06. The monoisotopic (exact) mass is 1950 g/mol. The van der Waals surface area contributed by atoms with E-state index in [0.29, 0.717) is 86.4 Å². The Bertz CT molecular complexity index is 9120. The number of rotatable bonds is 22. The first-order valence-electron chi connectivity index (χ1n) is 48.3. The van der Waals surface area contributed by atoms with E-state index < -0.39 is 0 Å². The molecule has 40 nitrogen and oxygen atoms in total. The van der Waals surface area contributed by atoms with Gasteiger partial charge in [0.05, 0.1) is 139 Å². The molecule has 0 aromatic carbocycles. The summed E-state index contributed by atoms with van der Waals surface area (Å²) in [4.78, 5) is 153. The van der Waals surface area contributed by atoms with Crippen LogP contribution in [-0.4, -0.2) is 184 Å². The zero-order valence-corrected chi connectivity index (χ0v) is 79.0. The summed E-state index contributed by atoms with van der Waals surface area (Å²) in [7, 11) is 0. The molecule has 3 aliphatic carbocycles. The summed E-state index contributed by atoms with van der Waals surface area (Å²) in [5, 5.41) is 44.9. The molecule has 3 saturated carbocycles. The number of pyridine rings is 16. The summed E-state index contributed by atoms with van der Waals surface area (Å²) in [6.07, 6.45) is 53.0. The molecule has 3 aliphatic rings. The highest BCUT2D eigenvalue weighted by atomic mass is 16.2. The number of aromatic nitrogens is 32. The molecule has 27 rings (SSSR count). The number of fused-ring (bicyclic) bond motifs is 8. The van der Waals surface area contributed by atoms with Crippen molar-refractivity contribution < 1.29 is 19.2 Å². The van der Waals surface area contributed by atoms with Crippen LogP contribution in [0, 0.1) is 17.8 Å². The first kappa shape index (κ1) is 90.6. The number of nitrogens with one attached hydrogen (secondary N) is 12. The number of imidazole rings is 4. The molecule has 722 valence electrons. The summed E-state index contributed by atoms with van der Waals surface area (Å²) in [6, 6.07) is 38.6. The highest BCUT2D eigenvalue weighted by Crippen LogP contribution is 2.41. The number of hydrogen-bond acceptors (Lipinski definition) is 28. The Morgan fingerprint density at radius 2 is 0.561 bits per heavy atom. The highest BCUT2D eigenvalue weighted by Gasteiger charge is 2.32. The third kappa shape index (κ3) is 18.8. The lowest BCUT2D eigenvalue weighted by Gasteiger charge is -2.24. The van der Waals surface area contributed by atoms with Gasteiger partial charge in [-0.05, 0) is 142 Å². The third-order valence-electron chi connectivity index (χ3n) is 26.2. The Morgan fingerprint density at radius 3 is 0.824 bits per heavy atom. The van der Waals surface area contributed by atoms with E-state index >= 15 is 0 Å². The smallest absolute Gasteiger partial charge is 0.227 e. The summed E-state index contributed by atoms with van der Waals surface area (Å²) >= 11 is 0. The molecule has 148 heavy (non-hydrogen) atoms. The summed E-state index contributed by atoms with van der Waals surface area (Å²) in [5.74, 6) is 2.96. The molecule has 24 aromatic heterocycles. The normalized spacial score (nSPS) is 13.0. The van der Waals surface area contributed by atoms with Crippen molar-refractivity contribution in [1.29, 1.82) is 0 Å². The molecule has 0 radical (unpaired) electrons. The predicted octanol–water partition coefficient (Wildman–Crippen LogP) is 19.4. The largest absolute Gasteiger partial charge is 0.335 e. The van der Waals surface area contributed by atoms with E-state index in [2.05, 4.69) is 169 Å². The van der Waals surface area contributed by atoms with Gasteiger partial charge in [-0.2, -0.15) is 20.4 Å². The van der Waals surface area contributed by atoms with Crippen LogP contribution in [0.15, 0.2) is 270 Å². The van der Waals surface area contributed by atoms with Crippen molar-refractivity contribution in [1.82, 2.24) is 160 Å². The van der Waals surface area contributed by atoms with Gasteiger partial charge in [-0.15, -0.1) is 0 Å². The molecule has 0 atom stereocenters. The van der Waals surface area contributed by atoms with Crippen molar-refractivity contribution in [2.45, 2.75) is 84.0 Å². The van der Waals surface area contributed by atoms with Crippen LogP contribution >= 0.6 is 0 Å². The number of carbonyl (C=O) groups excluding carboxylic acids is 4. The molecule has 12 N–H and O–H groups in total. The van der Waals surface area contributed by atoms with Crippen LogP contribution in [0.4, 0.5) is 22.7 Å². The van der Waals surface area contributed by atoms with Crippen molar-refractivity contribution in [2.24, 2.45) is 17.8 Å². The van der Waals surface area contributed by atoms with Crippen molar-refractivity contribution in [3.8, 4) is 136 Å². The molecule has 4 amide bonds. The lowest BCUT2D eigenvalue weighted by atomic mass is 9.85. The minimum absolute atomic E-state index is 0.0176. The molecule has 0 spiro atoms. The zero-order valence-electron chi connectivity index (χ0n) is 79.0. The number of H-pyrrole nitrogens is 8. The third-order valence-corrected chi connectivity index (χ3v) is 26.2. The van der Waals surface area contributed by atoms with E-state index in [1.807, 2.05) is 121 Å². The van der Waals surface area contributed by atoms with Gasteiger partial charge < -0.3 is 41.2 Å². The second kappa shape index (κ2) is 39.9. The first-order valence-corrected chi connectivity index (χ1v) is 48.3. The number of unbranched alkanes of at least 4 members (excludes halogenated alkanes) is 1. The quantitative estimate of drug-likeness (QED) is 0.0300. The molecular formula is C108H86N36O4. The second-order valence-electron chi connectivity index (χ2n) is 36.2. The fraction of sp³-hybridized carbons (Fsp3) is 0.148. The standard InChI is InChI=1S/C28H23N9O.C27H21N9O.C27H23N9O.C26H19N9O/c38-28(16-5-1-2-6-16)33-19-9-17(11-29-13-19)18-10-20-25(36-37-26(20)32-12-18)27-34-23-15-30-14-21(24(23)35-27)22-7-3-4-8-31-22;37-27(15-4-3-5-15)32-18-8-16(10-28-12-18)17-9-19-24(35-36-25(19)31-11-17)26-33-22-14-29-13-20(23(22)34-26)21-6-1-2-7-30-21;1-2-3-7-23(37)32-18-9-16(11-28-13-18)17-10-19-25(35-36-26(19)31-12-17)27-33-22-15-29-14-20(24(22)34-27)21-6-4-5-8-30-21;36-26(14-4-5-14)31-17-7-15(9-27-11-17)16-8-18-23(34-35-24(18)30-10-16)25-32-21-13-28-12-19(22(21)33-25)20-3-1-2-6-29-20/h3-4,7-16H,1-2,5-6H2,(H,33,38)(H,34,35)(H,32,36,37);1-2,6-15H,3-5H2,(H,32,37)(H,33,34)(H,31,35,36);4-6,8-15H,2-3,7H2,1H3,(H,32,37)(H,33,34)(H,31,35,36);1-3,6-14H,4-5H2,(H,31,36)(H,32,33)(H,30,34,35). The van der Waals surface area contributed by atoms with Crippen LogP contribution in [0.3, 0.4) is 0 Å². The maximum Gasteiger partial charge on any atom is 0.227 e. The summed E-state index contributed by atoms with van der Waals surface area (Å²) in [5.41, 5.74) is 27.5. The Labute approximate surface area is 838 Å². The molecule has 24 aromatic rings. The Balaban J connectivity index is 0.000000105. The number of nitrogens with zero attached hydrogens (tertiary/aromatic N) is 24. The molecule has 0 bridgehead atoms. The Hall–Kier alpha value is -20.0. The van der Waals surface area contributed by atoms with Gasteiger partial charge in [0.25, 0.3) is 0 Å². The first-order chi connectivity index (χ1) is 72.9. The van der Waals surface area contributed by atoms with Gasteiger partial charge in [-0.1, -0.05) is 56.9 Å². The number of amides is 4. The average Bonchev–Trinajstić information content (AvgIpc) is 1.62. The molecule has 0 unspecified atom stereocenters. The fourth-order valence-corrected chi connectivity index (χ4v) is 18.2. The van der Waals surface area contributed by atoms with E-state index in [4.69, 9.17) is 19.9 Å². The lowest BCUT2D eigenvalue weighted by Crippen LogP contribution is -2.28. The van der Waals surface area contributed by atoms with Crippen LogP contribution in [-0.2, 0) is 19.2 Å². The maximum atomic E-state index is 12.6. The average molecular weight is 1950 g/mol. The van der Waals surface area contributed by atoms with E-state index in [0.717, 1.165) is 237 Å². The minimum Gasteiger partial charge on any atom is -0.335 e. The number of carbonyl (C=O) groups is 4. The second-order valence-corrected chi connectivity index (χ2v) is 36.2. The van der Waals surface area contributed by atoms with Crippen LogP contribution in [0.5, 0.6) is 0 Å². The van der Waals surface area contributed by atoms with E-state index in [9.17, 15) is 19.2 Å². The Morgan fingerprint density at radius 1 is 0.291 bits per heavy atom. The summed E-state index contributed by atoms with van der Waals surface area (Å²) < 4.78 is 0. The Kier molecular flexibility index (Phi) is 24.4. The molecule has 24 heterocycles. The predicted molar refractivity (Wildman–Crippen MR) is 559 cm³/mol. The van der Waals surface area contributed by atoms with Crippen LogP contribution in [0.1, 0.15) is 84.0 Å². The minimum atomic E-state index is -0.0176. The van der Waals surface area contributed by atoms with E-state index in [-0.39, 0.29) is 41.4 Å². The van der Waals surface area contributed by atoms with Gasteiger partial charge in [-0.3, -0.25) is 99.4 Å². The number of hydrogen-bond donors (Lipinski definition) is 12. The molecule has 0 saturated heterocycles. The zero-order chi connectivity index (χ0) is 99.5. The molecular weight excluding hydrogens is 1870 g/mol. The number of aromatic amines is 8. The highest BCUT2D eigenvalue weighted by molar-refractivity contribution is 6.04. The van der Waals surface area contributed by atoms with Crippen molar-refractivity contribution in [3.05, 3.63) is 270 Å². The molecule has 3 fully saturated rings. The number of anilines is 4. The maximum absolute atomic E-state index is 12.6. The van der Waals surface area contributed by atoms with Crippen molar-refractivity contribution in [2.75, 3.05) is 21.3 Å². The van der Waals surface area contributed by atoms with Crippen LogP contribution in [0.25, 0.3) is 224 Å². The molecule has 0 aliphatic heterocycles. The van der Waals surface area contributed by atoms with E-state index in [1.165, 1.54) is 0 Å². The fourth-order valence-electron chi connectivity index (χ4n) is 18.2. The van der Waals surface area contributed by atoms with Crippen molar-refractivity contribution in [3.63, 3.8) is 0 Å². The molecule has 40 heteroatoms. The van der Waals surface area contributed by atoms with Gasteiger partial charge in [0.15, 0.2) is 45.9 Å². The SMILES string of the molecule is CCCCC(=O)Nc1cncc(-c2cnc3n[nH]c(-c4nc5c(-c6ccccn6)cncc5[nH]4)c3c2)c1.O=C(Nc1cncc(-c2cnc3n[nH]c(-c4nc5c(-c6ccccn6)cncc5[nH]4)c3c2)c1)C1CC1.O=C(Nc1cncc(-c2cnc3n[nH]c(-c4nc5c(-c6ccccn6)cncc5[nH]4)c3c2)c1)C1CCC1.O=C(Nc1cncc(-c2cnc3n[nH]c(-c4nc5c(-c6ccccn6)cncc5[nH]4)c3c2)c1)C1CCCC1. The van der Waals surface area contributed by atoms with Crippen molar-refractivity contribution >= 4 is 135 Å². The van der Waals surface area contributed by atoms with Gasteiger partial charge in [0.2, 0.25) is 23.6 Å². The van der Waals surface area contributed by atoms with Crippen LogP contribution < -0.4 is 21.3 Å². The topological polar surface area (TPSA) is 552 Å². The van der Waals surface area contributed by atoms with Gasteiger partial charge >= 0.3 is 0 Å². The van der Waals surface area contributed by atoms with E-state index in [1.54, 1.807) is 149 Å². The van der Waals surface area contributed by atoms with Gasteiger partial charge in [0, 0.05) is 190 Å². The lowest BCUT2D eigenvalue weighted by molar-refractivity contribution is -0.122.